The molecule has 1 aliphatic heterocycles. The van der Waals surface area contributed by atoms with Crippen LogP contribution in [0.25, 0.3) is 0 Å². The van der Waals surface area contributed by atoms with E-state index in [1.807, 2.05) is 20.8 Å². The van der Waals surface area contributed by atoms with Crippen molar-refractivity contribution < 1.29 is 9.84 Å². The lowest BCUT2D eigenvalue weighted by atomic mass is 9.86. The zero-order valence-electron chi connectivity index (χ0n) is 15.8. The zero-order chi connectivity index (χ0) is 19.5. The average Bonchev–Trinajstić information content (AvgIpc) is 2.58. The smallest absolute Gasteiger partial charge is 0.209 e. The summed E-state index contributed by atoms with van der Waals surface area (Å²) in [6, 6.07) is 6.58. The third-order valence-electron chi connectivity index (χ3n) is 4.67. The van der Waals surface area contributed by atoms with Crippen LogP contribution in [0.1, 0.15) is 58.2 Å². The number of aliphatic hydroxyl groups is 1. The summed E-state index contributed by atoms with van der Waals surface area (Å²) in [5, 5.41) is 35.4. The fourth-order valence-electron chi connectivity index (χ4n) is 2.73. The van der Waals surface area contributed by atoms with Crippen LogP contribution in [0, 0.1) is 22.8 Å². The van der Waals surface area contributed by atoms with Crippen LogP contribution < -0.4 is 15.4 Å². The highest BCUT2D eigenvalue weighted by Gasteiger charge is 2.43. The summed E-state index contributed by atoms with van der Waals surface area (Å²) in [6.45, 7) is 9.59. The van der Waals surface area contributed by atoms with Crippen LogP contribution in [0.5, 0.6) is 5.75 Å². The molecule has 1 aromatic rings. The third-order valence-corrected chi connectivity index (χ3v) is 4.67. The van der Waals surface area contributed by atoms with Crippen molar-refractivity contribution >= 4 is 5.96 Å². The van der Waals surface area contributed by atoms with E-state index >= 15 is 0 Å². The second kappa shape index (κ2) is 7.23. The number of rotatable bonds is 3. The summed E-state index contributed by atoms with van der Waals surface area (Å²) in [7, 11) is 0. The number of nitrogens with zero attached hydrogens (tertiary/aromatic N) is 3. The number of guanidine groups is 1. The Hall–Kier alpha value is -2.77. The molecule has 2 unspecified atom stereocenters. The first-order valence-electron chi connectivity index (χ1n) is 8.56. The molecule has 0 radical (unpaired) electrons. The molecule has 0 bridgehead atoms. The molecular weight excluding hydrogens is 330 g/mol. The van der Waals surface area contributed by atoms with Gasteiger partial charge in [0.2, 0.25) is 12.2 Å². The van der Waals surface area contributed by atoms with Crippen molar-refractivity contribution in [2.24, 2.45) is 4.99 Å². The summed E-state index contributed by atoms with van der Waals surface area (Å²) in [6.07, 6.45) is 1.68. The molecule has 7 heteroatoms. The molecule has 2 rings (SSSR count). The molecule has 1 heterocycles. The molecule has 0 aliphatic carbocycles. The number of nitriles is 2. The largest absolute Gasteiger partial charge is 0.485 e. The lowest BCUT2D eigenvalue weighted by Crippen LogP contribution is -2.57. The van der Waals surface area contributed by atoms with Crippen molar-refractivity contribution in [2.45, 2.75) is 64.3 Å². The summed E-state index contributed by atoms with van der Waals surface area (Å²) >= 11 is 0. The number of hydrogen-bond acceptors (Lipinski definition) is 5. The molecular formula is C19H25N5O2. The first-order valence-corrected chi connectivity index (χ1v) is 8.56. The minimum absolute atomic E-state index is 0.273. The molecule has 0 spiro atoms. The van der Waals surface area contributed by atoms with Gasteiger partial charge in [0.1, 0.15) is 17.5 Å². The van der Waals surface area contributed by atoms with E-state index in [9.17, 15) is 10.4 Å². The molecule has 0 amide bonds. The second-order valence-corrected chi connectivity index (χ2v) is 7.56. The van der Waals surface area contributed by atoms with Crippen LogP contribution in [0.4, 0.5) is 0 Å². The molecule has 26 heavy (non-hydrogen) atoms. The van der Waals surface area contributed by atoms with E-state index < -0.39 is 17.7 Å². The van der Waals surface area contributed by atoms with Crippen LogP contribution in [-0.2, 0) is 0 Å². The van der Waals surface area contributed by atoms with E-state index in [0.29, 0.717) is 16.9 Å². The monoisotopic (exact) mass is 355 g/mol. The normalized spacial score (nSPS) is 21.6. The Labute approximate surface area is 154 Å². The minimum atomic E-state index is -0.917. The second-order valence-electron chi connectivity index (χ2n) is 7.56. The highest BCUT2D eigenvalue weighted by Crippen LogP contribution is 2.40. The zero-order valence-corrected chi connectivity index (χ0v) is 15.8. The lowest BCUT2D eigenvalue weighted by molar-refractivity contribution is -0.0612. The van der Waals surface area contributed by atoms with Crippen molar-refractivity contribution in [3.63, 3.8) is 0 Å². The SMILES string of the molecule is CCC(C)(C)NC(=NC#N)NC1c2cc(C#N)ccc2OC(C)(C)C1O. The van der Waals surface area contributed by atoms with Crippen LogP contribution >= 0.6 is 0 Å². The summed E-state index contributed by atoms with van der Waals surface area (Å²) in [4.78, 5) is 3.83. The number of benzene rings is 1. The van der Waals surface area contributed by atoms with E-state index in [-0.39, 0.29) is 11.5 Å². The molecule has 0 fully saturated rings. The topological polar surface area (TPSA) is 113 Å². The first-order chi connectivity index (χ1) is 12.1. The summed E-state index contributed by atoms with van der Waals surface area (Å²) < 4.78 is 5.90. The average molecular weight is 355 g/mol. The maximum atomic E-state index is 10.8. The Morgan fingerprint density at radius 2 is 2.08 bits per heavy atom. The number of nitrogens with one attached hydrogen (secondary N) is 2. The first kappa shape index (κ1) is 19.6. The van der Waals surface area contributed by atoms with Crippen molar-refractivity contribution in [1.29, 1.82) is 10.5 Å². The van der Waals surface area contributed by atoms with Crippen LogP contribution in [-0.4, -0.2) is 28.3 Å². The molecule has 1 aromatic carbocycles. The highest BCUT2D eigenvalue weighted by molar-refractivity contribution is 5.82. The predicted octanol–water partition coefficient (Wildman–Crippen LogP) is 2.34. The van der Waals surface area contributed by atoms with Crippen LogP contribution in [0.3, 0.4) is 0 Å². The van der Waals surface area contributed by atoms with Gasteiger partial charge in [-0.15, -0.1) is 4.99 Å². The molecule has 7 nitrogen and oxygen atoms in total. The van der Waals surface area contributed by atoms with E-state index in [1.54, 1.807) is 38.2 Å². The standard InChI is InChI=1S/C19H25N5O2/c1-6-18(2,3)24-17(22-11-21)23-15-13-9-12(10-20)7-8-14(13)26-19(4,5)16(15)25/h7-9,15-16,25H,6H2,1-5H3,(H2,22,23,24). The van der Waals surface area contributed by atoms with E-state index in [2.05, 4.69) is 21.7 Å². The van der Waals surface area contributed by atoms with Gasteiger partial charge in [0.15, 0.2) is 0 Å². The Kier molecular flexibility index (Phi) is 5.44. The molecule has 138 valence electrons. The third kappa shape index (κ3) is 4.07. The predicted molar refractivity (Wildman–Crippen MR) is 98.3 cm³/mol. The molecule has 3 N–H and O–H groups in total. The molecule has 0 saturated carbocycles. The number of ether oxygens (including phenoxy) is 1. The summed E-state index contributed by atoms with van der Waals surface area (Å²) in [5.41, 5.74) is -0.0213. The summed E-state index contributed by atoms with van der Waals surface area (Å²) in [5.74, 6) is 0.859. The Bertz CT molecular complexity index is 786. The fraction of sp³-hybridized carbons (Fsp3) is 0.526. The molecule has 1 aliphatic rings. The van der Waals surface area contributed by atoms with Gasteiger partial charge in [0.05, 0.1) is 17.7 Å². The van der Waals surface area contributed by atoms with Gasteiger partial charge >= 0.3 is 0 Å². The van der Waals surface area contributed by atoms with Crippen molar-refractivity contribution in [3.8, 4) is 18.0 Å². The number of hydrogen-bond donors (Lipinski definition) is 3. The minimum Gasteiger partial charge on any atom is -0.485 e. The maximum Gasteiger partial charge on any atom is 0.209 e. The fourth-order valence-corrected chi connectivity index (χ4v) is 2.73. The Morgan fingerprint density at radius 1 is 1.38 bits per heavy atom. The quantitative estimate of drug-likeness (QED) is 0.436. The van der Waals surface area contributed by atoms with Gasteiger partial charge in [0.25, 0.3) is 0 Å². The Morgan fingerprint density at radius 3 is 2.65 bits per heavy atom. The van der Waals surface area contributed by atoms with Gasteiger partial charge in [-0.05, 0) is 52.3 Å². The molecule has 0 saturated heterocycles. The number of fused-ring (bicyclic) bond motifs is 1. The number of aliphatic hydroxyl groups excluding tert-OH is 1. The van der Waals surface area contributed by atoms with E-state index in [4.69, 9.17) is 10.00 Å². The van der Waals surface area contributed by atoms with E-state index in [0.717, 1.165) is 6.42 Å². The number of aliphatic imine (C=N–C) groups is 1. The van der Waals surface area contributed by atoms with Crippen LogP contribution in [0.2, 0.25) is 0 Å². The lowest BCUT2D eigenvalue weighted by Gasteiger charge is -2.43. The van der Waals surface area contributed by atoms with Gasteiger partial charge in [-0.1, -0.05) is 6.92 Å². The maximum absolute atomic E-state index is 10.8. The Balaban J connectivity index is 2.44. The van der Waals surface area contributed by atoms with Gasteiger partial charge in [-0.2, -0.15) is 10.5 Å². The van der Waals surface area contributed by atoms with E-state index in [1.165, 1.54) is 0 Å². The van der Waals surface area contributed by atoms with Crippen molar-refractivity contribution in [2.75, 3.05) is 0 Å². The van der Waals surface area contributed by atoms with Gasteiger partial charge in [-0.3, -0.25) is 0 Å². The highest BCUT2D eigenvalue weighted by atomic mass is 16.5. The molecule has 2 atom stereocenters. The molecule has 0 aromatic heterocycles. The van der Waals surface area contributed by atoms with Crippen LogP contribution in [0.15, 0.2) is 23.2 Å². The van der Waals surface area contributed by atoms with Gasteiger partial charge in [0, 0.05) is 11.1 Å². The van der Waals surface area contributed by atoms with Crippen molar-refractivity contribution in [1.82, 2.24) is 10.6 Å². The van der Waals surface area contributed by atoms with Gasteiger partial charge < -0.3 is 20.5 Å². The van der Waals surface area contributed by atoms with Crippen molar-refractivity contribution in [3.05, 3.63) is 29.3 Å². The van der Waals surface area contributed by atoms with Gasteiger partial charge in [-0.25, -0.2) is 0 Å².